The molecule has 0 fully saturated rings. The number of rotatable bonds is 6. The average molecular weight is 187 g/mol. The van der Waals surface area contributed by atoms with Gasteiger partial charge >= 0.3 is 0 Å². The van der Waals surface area contributed by atoms with Crippen LogP contribution in [0.1, 0.15) is 47.0 Å². The van der Waals surface area contributed by atoms with Gasteiger partial charge in [-0.2, -0.15) is 0 Å². The predicted octanol–water partition coefficient (Wildman–Crippen LogP) is 2.16. The Kier molecular flexibility index (Phi) is 5.57. The van der Waals surface area contributed by atoms with E-state index in [4.69, 9.17) is 5.73 Å². The van der Waals surface area contributed by atoms with Gasteiger partial charge in [-0.15, -0.1) is 0 Å². The van der Waals surface area contributed by atoms with Gasteiger partial charge in [0.15, 0.2) is 0 Å². The molecule has 0 saturated heterocycles. The lowest BCUT2D eigenvalue weighted by molar-refractivity contribution is -0.0490. The zero-order valence-electron chi connectivity index (χ0n) is 9.51. The highest BCUT2D eigenvalue weighted by molar-refractivity contribution is 4.86. The minimum absolute atomic E-state index is 0.243. The molecular formula is C11H25NO. The summed E-state index contributed by atoms with van der Waals surface area (Å²) in [7, 11) is 0. The van der Waals surface area contributed by atoms with E-state index in [1.165, 1.54) is 0 Å². The molecule has 0 aliphatic carbocycles. The van der Waals surface area contributed by atoms with E-state index in [0.717, 1.165) is 19.3 Å². The number of aliphatic hydroxyl groups is 1. The fourth-order valence-electron chi connectivity index (χ4n) is 1.81. The SMILES string of the molecule is CCCC(CN)C(C)(O)C(C)CC. The molecule has 3 atom stereocenters. The van der Waals surface area contributed by atoms with Gasteiger partial charge in [0.2, 0.25) is 0 Å². The van der Waals surface area contributed by atoms with Gasteiger partial charge in [0.1, 0.15) is 0 Å². The molecule has 3 N–H and O–H groups in total. The van der Waals surface area contributed by atoms with E-state index in [0.29, 0.717) is 12.5 Å². The molecule has 0 bridgehead atoms. The molecule has 0 rings (SSSR count). The van der Waals surface area contributed by atoms with E-state index in [1.54, 1.807) is 0 Å². The lowest BCUT2D eigenvalue weighted by atomic mass is 9.76. The number of hydrogen-bond acceptors (Lipinski definition) is 2. The Morgan fingerprint density at radius 2 is 1.92 bits per heavy atom. The standard InChI is InChI=1S/C11H25NO/c1-5-7-10(8-12)11(4,13)9(3)6-2/h9-10,13H,5-8,12H2,1-4H3. The molecule has 0 aromatic rings. The Hall–Kier alpha value is -0.0800. The van der Waals surface area contributed by atoms with E-state index in [9.17, 15) is 5.11 Å². The molecule has 0 radical (unpaired) electrons. The molecule has 0 heterocycles. The lowest BCUT2D eigenvalue weighted by Crippen LogP contribution is -2.44. The molecule has 0 saturated carbocycles. The first-order chi connectivity index (χ1) is 6.00. The van der Waals surface area contributed by atoms with Crippen LogP contribution in [0, 0.1) is 11.8 Å². The molecule has 3 unspecified atom stereocenters. The maximum atomic E-state index is 10.3. The Morgan fingerprint density at radius 1 is 1.38 bits per heavy atom. The van der Waals surface area contributed by atoms with Gasteiger partial charge in [-0.05, 0) is 31.7 Å². The second-order valence-corrected chi connectivity index (χ2v) is 4.26. The van der Waals surface area contributed by atoms with Crippen LogP contribution in [0.2, 0.25) is 0 Å². The topological polar surface area (TPSA) is 46.2 Å². The van der Waals surface area contributed by atoms with Crippen LogP contribution in [0.25, 0.3) is 0 Å². The number of nitrogens with two attached hydrogens (primary N) is 1. The Balaban J connectivity index is 4.36. The highest BCUT2D eigenvalue weighted by atomic mass is 16.3. The van der Waals surface area contributed by atoms with E-state index in [-0.39, 0.29) is 5.92 Å². The molecule has 2 heteroatoms. The van der Waals surface area contributed by atoms with Crippen LogP contribution in [-0.4, -0.2) is 17.3 Å². The van der Waals surface area contributed by atoms with Gasteiger partial charge in [0, 0.05) is 0 Å². The van der Waals surface area contributed by atoms with Gasteiger partial charge in [0.05, 0.1) is 5.60 Å². The Bertz CT molecular complexity index is 134. The second kappa shape index (κ2) is 5.61. The first-order valence-corrected chi connectivity index (χ1v) is 5.43. The molecule has 13 heavy (non-hydrogen) atoms. The van der Waals surface area contributed by atoms with Crippen molar-refractivity contribution >= 4 is 0 Å². The largest absolute Gasteiger partial charge is 0.390 e. The van der Waals surface area contributed by atoms with Crippen molar-refractivity contribution in [2.45, 2.75) is 52.6 Å². The monoisotopic (exact) mass is 187 g/mol. The summed E-state index contributed by atoms with van der Waals surface area (Å²) in [4.78, 5) is 0. The molecule has 2 nitrogen and oxygen atoms in total. The van der Waals surface area contributed by atoms with E-state index >= 15 is 0 Å². The van der Waals surface area contributed by atoms with Crippen LogP contribution >= 0.6 is 0 Å². The molecule has 0 aromatic heterocycles. The summed E-state index contributed by atoms with van der Waals surface area (Å²) < 4.78 is 0. The summed E-state index contributed by atoms with van der Waals surface area (Å²) in [5, 5.41) is 10.3. The summed E-state index contributed by atoms with van der Waals surface area (Å²) in [6.45, 7) is 8.85. The first kappa shape index (κ1) is 12.9. The normalized spacial score (nSPS) is 20.8. The van der Waals surface area contributed by atoms with Crippen LogP contribution in [0.4, 0.5) is 0 Å². The fourth-order valence-corrected chi connectivity index (χ4v) is 1.81. The maximum absolute atomic E-state index is 10.3. The Labute approximate surface area is 82.5 Å². The predicted molar refractivity (Wildman–Crippen MR) is 57.5 cm³/mol. The van der Waals surface area contributed by atoms with Gasteiger partial charge in [-0.1, -0.05) is 33.6 Å². The van der Waals surface area contributed by atoms with Gasteiger partial charge in [0.25, 0.3) is 0 Å². The summed E-state index contributed by atoms with van der Waals surface area (Å²) >= 11 is 0. The van der Waals surface area contributed by atoms with Crippen molar-refractivity contribution in [2.75, 3.05) is 6.54 Å². The third-order valence-corrected chi connectivity index (χ3v) is 3.36. The highest BCUT2D eigenvalue weighted by Gasteiger charge is 2.34. The van der Waals surface area contributed by atoms with Crippen LogP contribution < -0.4 is 5.73 Å². The van der Waals surface area contributed by atoms with Crippen molar-refractivity contribution in [3.8, 4) is 0 Å². The molecular weight excluding hydrogens is 162 g/mol. The fraction of sp³-hybridized carbons (Fsp3) is 1.00. The summed E-state index contributed by atoms with van der Waals surface area (Å²) in [5.74, 6) is 0.569. The third kappa shape index (κ3) is 3.28. The second-order valence-electron chi connectivity index (χ2n) is 4.26. The zero-order valence-corrected chi connectivity index (χ0v) is 9.51. The molecule has 0 spiro atoms. The molecule has 0 aromatic carbocycles. The van der Waals surface area contributed by atoms with Gasteiger partial charge in [-0.25, -0.2) is 0 Å². The first-order valence-electron chi connectivity index (χ1n) is 5.43. The van der Waals surface area contributed by atoms with Crippen LogP contribution in [0.15, 0.2) is 0 Å². The molecule has 0 amide bonds. The zero-order chi connectivity index (χ0) is 10.5. The van der Waals surface area contributed by atoms with Crippen LogP contribution in [0.3, 0.4) is 0 Å². The molecule has 0 aliphatic rings. The third-order valence-electron chi connectivity index (χ3n) is 3.36. The maximum Gasteiger partial charge on any atom is 0.0685 e. The average Bonchev–Trinajstić information content (AvgIpc) is 2.12. The van der Waals surface area contributed by atoms with Crippen molar-refractivity contribution < 1.29 is 5.11 Å². The summed E-state index contributed by atoms with van der Waals surface area (Å²) in [6.07, 6.45) is 3.12. The smallest absolute Gasteiger partial charge is 0.0685 e. The minimum atomic E-state index is -0.598. The summed E-state index contributed by atoms with van der Waals surface area (Å²) in [5.41, 5.74) is 5.08. The van der Waals surface area contributed by atoms with E-state index in [2.05, 4.69) is 20.8 Å². The van der Waals surface area contributed by atoms with Crippen LogP contribution in [0.5, 0.6) is 0 Å². The van der Waals surface area contributed by atoms with Crippen molar-refractivity contribution in [1.29, 1.82) is 0 Å². The van der Waals surface area contributed by atoms with Crippen molar-refractivity contribution in [2.24, 2.45) is 17.6 Å². The lowest BCUT2D eigenvalue weighted by Gasteiger charge is -2.37. The summed E-state index contributed by atoms with van der Waals surface area (Å²) in [6, 6.07) is 0. The highest BCUT2D eigenvalue weighted by Crippen LogP contribution is 2.30. The molecule has 0 aliphatic heterocycles. The van der Waals surface area contributed by atoms with Crippen molar-refractivity contribution in [3.05, 3.63) is 0 Å². The molecule has 80 valence electrons. The number of hydrogen-bond donors (Lipinski definition) is 2. The quantitative estimate of drug-likeness (QED) is 0.669. The Morgan fingerprint density at radius 3 is 2.23 bits per heavy atom. The minimum Gasteiger partial charge on any atom is -0.390 e. The van der Waals surface area contributed by atoms with Crippen molar-refractivity contribution in [1.82, 2.24) is 0 Å². The van der Waals surface area contributed by atoms with E-state index in [1.807, 2.05) is 6.92 Å². The van der Waals surface area contributed by atoms with Gasteiger partial charge < -0.3 is 10.8 Å². The van der Waals surface area contributed by atoms with Crippen LogP contribution in [-0.2, 0) is 0 Å². The van der Waals surface area contributed by atoms with Gasteiger partial charge in [-0.3, -0.25) is 0 Å². The van der Waals surface area contributed by atoms with Crippen molar-refractivity contribution in [3.63, 3.8) is 0 Å². The van der Waals surface area contributed by atoms with E-state index < -0.39 is 5.60 Å².